The molecule has 0 bridgehead atoms. The van der Waals surface area contributed by atoms with Gasteiger partial charge in [-0.2, -0.15) is 5.10 Å². The molecule has 5 heteroatoms. The Labute approximate surface area is 118 Å². The molecule has 0 aliphatic rings. The first-order valence-electron chi connectivity index (χ1n) is 6.50. The van der Waals surface area contributed by atoms with Gasteiger partial charge in [0.25, 0.3) is 0 Å². The number of aliphatic hydroxyl groups excluding tert-OH is 1. The maximum atomic E-state index is 10.4. The Hall–Kier alpha value is -2.01. The molecule has 1 aromatic carbocycles. The zero-order valence-electron chi connectivity index (χ0n) is 12.2. The van der Waals surface area contributed by atoms with E-state index in [4.69, 9.17) is 9.47 Å². The zero-order valence-corrected chi connectivity index (χ0v) is 12.2. The van der Waals surface area contributed by atoms with E-state index in [1.807, 2.05) is 30.8 Å². The highest BCUT2D eigenvalue weighted by Crippen LogP contribution is 2.32. The molecular weight excluding hydrogens is 256 g/mol. The maximum absolute atomic E-state index is 10.4. The minimum atomic E-state index is -0.734. The number of nitrogens with zero attached hydrogens (tertiary/aromatic N) is 2. The molecule has 1 heterocycles. The van der Waals surface area contributed by atoms with Gasteiger partial charge in [0.05, 0.1) is 20.4 Å². The van der Waals surface area contributed by atoms with Gasteiger partial charge in [-0.05, 0) is 31.5 Å². The Balaban J connectivity index is 2.30. The highest BCUT2D eigenvalue weighted by Gasteiger charge is 2.16. The predicted octanol–water partition coefficient (Wildman–Crippen LogP) is 2.56. The molecule has 108 valence electrons. The van der Waals surface area contributed by atoms with Crippen molar-refractivity contribution in [2.45, 2.75) is 26.0 Å². The van der Waals surface area contributed by atoms with E-state index in [-0.39, 0.29) is 6.04 Å². The van der Waals surface area contributed by atoms with Gasteiger partial charge in [0.1, 0.15) is 6.10 Å². The van der Waals surface area contributed by atoms with Gasteiger partial charge in [0.15, 0.2) is 11.5 Å². The van der Waals surface area contributed by atoms with Gasteiger partial charge in [0.2, 0.25) is 0 Å². The molecule has 2 aromatic rings. The van der Waals surface area contributed by atoms with Gasteiger partial charge in [-0.15, -0.1) is 0 Å². The van der Waals surface area contributed by atoms with Crippen LogP contribution in [0.1, 0.15) is 37.1 Å². The molecule has 0 radical (unpaired) electrons. The van der Waals surface area contributed by atoms with Crippen molar-refractivity contribution in [1.82, 2.24) is 9.78 Å². The standard InChI is InChI=1S/C15H20N2O3/c1-10(2)17-9-12(8-16-17)15(18)11-5-6-13(19-3)14(7-11)20-4/h5-10,15,18H,1-4H3. The summed E-state index contributed by atoms with van der Waals surface area (Å²) in [6, 6.07) is 5.64. The first kappa shape index (κ1) is 14.4. The molecule has 0 aliphatic heterocycles. The van der Waals surface area contributed by atoms with Gasteiger partial charge in [-0.1, -0.05) is 6.07 Å². The first-order valence-corrected chi connectivity index (χ1v) is 6.50. The molecule has 1 unspecified atom stereocenters. The number of ether oxygens (including phenoxy) is 2. The lowest BCUT2D eigenvalue weighted by Crippen LogP contribution is -2.02. The SMILES string of the molecule is COc1ccc(C(O)c2cnn(C(C)C)c2)cc1OC. The smallest absolute Gasteiger partial charge is 0.161 e. The van der Waals surface area contributed by atoms with Crippen LogP contribution in [0, 0.1) is 0 Å². The number of hydrogen-bond donors (Lipinski definition) is 1. The van der Waals surface area contributed by atoms with Gasteiger partial charge < -0.3 is 14.6 Å². The minimum Gasteiger partial charge on any atom is -0.493 e. The molecule has 0 saturated carbocycles. The van der Waals surface area contributed by atoms with Crippen molar-refractivity contribution in [1.29, 1.82) is 0 Å². The number of benzene rings is 1. The van der Waals surface area contributed by atoms with Crippen molar-refractivity contribution in [3.63, 3.8) is 0 Å². The highest BCUT2D eigenvalue weighted by atomic mass is 16.5. The molecule has 0 amide bonds. The van der Waals surface area contributed by atoms with Crippen molar-refractivity contribution in [2.75, 3.05) is 14.2 Å². The lowest BCUT2D eigenvalue weighted by atomic mass is 10.0. The van der Waals surface area contributed by atoms with Crippen LogP contribution in [0.15, 0.2) is 30.6 Å². The second-order valence-electron chi connectivity index (χ2n) is 4.86. The van der Waals surface area contributed by atoms with Crippen molar-refractivity contribution in [3.8, 4) is 11.5 Å². The summed E-state index contributed by atoms with van der Waals surface area (Å²) in [5.41, 5.74) is 1.50. The summed E-state index contributed by atoms with van der Waals surface area (Å²) in [7, 11) is 3.16. The Bertz CT molecular complexity index is 578. The van der Waals surface area contributed by atoms with E-state index in [0.29, 0.717) is 11.5 Å². The Morgan fingerprint density at radius 1 is 1.10 bits per heavy atom. The average Bonchev–Trinajstić information content (AvgIpc) is 2.95. The fourth-order valence-electron chi connectivity index (χ4n) is 1.99. The van der Waals surface area contributed by atoms with Crippen LogP contribution in [0.5, 0.6) is 11.5 Å². The molecule has 1 atom stereocenters. The van der Waals surface area contributed by atoms with E-state index in [1.54, 1.807) is 32.5 Å². The van der Waals surface area contributed by atoms with Crippen LogP contribution in [-0.2, 0) is 0 Å². The fourth-order valence-corrected chi connectivity index (χ4v) is 1.99. The van der Waals surface area contributed by atoms with Gasteiger partial charge >= 0.3 is 0 Å². The highest BCUT2D eigenvalue weighted by molar-refractivity contribution is 5.44. The van der Waals surface area contributed by atoms with E-state index >= 15 is 0 Å². The summed E-state index contributed by atoms with van der Waals surface area (Å²) in [5, 5.41) is 14.7. The van der Waals surface area contributed by atoms with E-state index in [0.717, 1.165) is 11.1 Å². The molecular formula is C15H20N2O3. The van der Waals surface area contributed by atoms with Crippen molar-refractivity contribution < 1.29 is 14.6 Å². The third kappa shape index (κ3) is 2.77. The molecule has 0 aliphatic carbocycles. The molecule has 0 saturated heterocycles. The second kappa shape index (κ2) is 5.96. The summed E-state index contributed by atoms with van der Waals surface area (Å²) in [6.07, 6.45) is 2.80. The number of aliphatic hydroxyl groups is 1. The maximum Gasteiger partial charge on any atom is 0.161 e. The summed E-state index contributed by atoms with van der Waals surface area (Å²) < 4.78 is 12.3. The number of methoxy groups -OCH3 is 2. The Morgan fingerprint density at radius 3 is 2.35 bits per heavy atom. The van der Waals surface area contributed by atoms with Crippen molar-refractivity contribution in [3.05, 3.63) is 41.7 Å². The minimum absolute atomic E-state index is 0.265. The number of aromatic nitrogens is 2. The Morgan fingerprint density at radius 2 is 1.80 bits per heavy atom. The van der Waals surface area contributed by atoms with E-state index in [9.17, 15) is 5.11 Å². The summed E-state index contributed by atoms with van der Waals surface area (Å²) >= 11 is 0. The quantitative estimate of drug-likeness (QED) is 0.912. The molecule has 0 fully saturated rings. The fraction of sp³-hybridized carbons (Fsp3) is 0.400. The zero-order chi connectivity index (χ0) is 14.7. The van der Waals surface area contributed by atoms with Crippen LogP contribution in [0.3, 0.4) is 0 Å². The van der Waals surface area contributed by atoms with E-state index < -0.39 is 6.10 Å². The van der Waals surface area contributed by atoms with E-state index in [2.05, 4.69) is 5.10 Å². The lowest BCUT2D eigenvalue weighted by molar-refractivity contribution is 0.219. The second-order valence-corrected chi connectivity index (χ2v) is 4.86. The van der Waals surface area contributed by atoms with Gasteiger partial charge in [-0.25, -0.2) is 0 Å². The molecule has 2 rings (SSSR count). The van der Waals surface area contributed by atoms with Crippen molar-refractivity contribution in [2.24, 2.45) is 0 Å². The first-order chi connectivity index (χ1) is 9.56. The largest absolute Gasteiger partial charge is 0.493 e. The molecule has 20 heavy (non-hydrogen) atoms. The van der Waals surface area contributed by atoms with Crippen LogP contribution in [0.4, 0.5) is 0 Å². The average molecular weight is 276 g/mol. The summed E-state index contributed by atoms with van der Waals surface area (Å²) in [5.74, 6) is 1.24. The summed E-state index contributed by atoms with van der Waals surface area (Å²) in [4.78, 5) is 0. The van der Waals surface area contributed by atoms with Gasteiger partial charge in [0, 0.05) is 17.8 Å². The third-order valence-corrected chi connectivity index (χ3v) is 3.19. The van der Waals surface area contributed by atoms with Crippen molar-refractivity contribution >= 4 is 0 Å². The molecule has 1 N–H and O–H groups in total. The summed E-state index contributed by atoms with van der Waals surface area (Å²) in [6.45, 7) is 4.08. The van der Waals surface area contributed by atoms with Gasteiger partial charge in [-0.3, -0.25) is 4.68 Å². The topological polar surface area (TPSA) is 56.5 Å². The predicted molar refractivity (Wildman–Crippen MR) is 76.2 cm³/mol. The van der Waals surface area contributed by atoms with Crippen LogP contribution in [-0.4, -0.2) is 29.1 Å². The van der Waals surface area contributed by atoms with Crippen LogP contribution >= 0.6 is 0 Å². The molecule has 0 spiro atoms. The Kier molecular flexibility index (Phi) is 4.29. The van der Waals surface area contributed by atoms with Crippen LogP contribution in [0.25, 0.3) is 0 Å². The molecule has 1 aromatic heterocycles. The van der Waals surface area contributed by atoms with Crippen LogP contribution in [0.2, 0.25) is 0 Å². The van der Waals surface area contributed by atoms with E-state index in [1.165, 1.54) is 0 Å². The van der Waals surface area contributed by atoms with Crippen LogP contribution < -0.4 is 9.47 Å². The number of hydrogen-bond acceptors (Lipinski definition) is 4. The molecule has 5 nitrogen and oxygen atoms in total. The third-order valence-electron chi connectivity index (χ3n) is 3.19. The normalized spacial score (nSPS) is 12.5. The number of rotatable bonds is 5. The monoisotopic (exact) mass is 276 g/mol. The lowest BCUT2D eigenvalue weighted by Gasteiger charge is -2.13.